The third kappa shape index (κ3) is 2.68. The maximum atomic E-state index is 6.28. The molecule has 0 radical (unpaired) electrons. The second kappa shape index (κ2) is 5.55. The molecule has 0 spiro atoms. The number of likely N-dealkylation sites (N-methyl/N-ethyl adjacent to an activating group) is 1. The molecule has 100 valence electrons. The number of benzene rings is 1. The first kappa shape index (κ1) is 13.8. The number of piperazine rings is 1. The minimum Gasteiger partial charge on any atom is -0.399 e. The number of nitrogen functional groups attached to an aromatic ring is 1. The lowest BCUT2D eigenvalue weighted by Crippen LogP contribution is -2.51. The van der Waals surface area contributed by atoms with Gasteiger partial charge in [-0.2, -0.15) is 0 Å². The lowest BCUT2D eigenvalue weighted by molar-refractivity contribution is 0.213. The van der Waals surface area contributed by atoms with Gasteiger partial charge in [-0.1, -0.05) is 30.1 Å². The molecule has 0 amide bonds. The normalized spacial score (nSPS) is 21.3. The zero-order chi connectivity index (χ0) is 13.3. The maximum absolute atomic E-state index is 6.28. The molecule has 1 aromatic carbocycles. The van der Waals surface area contributed by atoms with Crippen LogP contribution in [0, 0.1) is 0 Å². The van der Waals surface area contributed by atoms with Crippen molar-refractivity contribution in [1.29, 1.82) is 0 Å². The molecular weight excluding hydrogens is 269 g/mol. The molecule has 3 nitrogen and oxygen atoms in total. The highest BCUT2D eigenvalue weighted by molar-refractivity contribution is 6.39. The molecule has 0 bridgehead atoms. The Bertz CT molecular complexity index is 413. The molecule has 1 heterocycles. The fourth-order valence-corrected chi connectivity index (χ4v) is 3.22. The molecule has 18 heavy (non-hydrogen) atoms. The van der Waals surface area contributed by atoms with Gasteiger partial charge in [0.2, 0.25) is 0 Å². The zero-order valence-electron chi connectivity index (χ0n) is 10.8. The van der Waals surface area contributed by atoms with E-state index in [9.17, 15) is 0 Å². The number of halogens is 2. The second-order valence-corrected chi connectivity index (χ2v) is 5.64. The zero-order valence-corrected chi connectivity index (χ0v) is 12.3. The van der Waals surface area contributed by atoms with E-state index < -0.39 is 0 Å². The predicted molar refractivity (Wildman–Crippen MR) is 79.8 cm³/mol. The smallest absolute Gasteiger partial charge is 0.0747 e. The molecule has 0 aliphatic carbocycles. The van der Waals surface area contributed by atoms with Gasteiger partial charge in [0, 0.05) is 31.4 Å². The molecule has 1 aromatic rings. The molecule has 2 N–H and O–H groups in total. The number of nitrogens with two attached hydrogens (primary N) is 1. The van der Waals surface area contributed by atoms with E-state index in [1.807, 2.05) is 0 Å². The summed E-state index contributed by atoms with van der Waals surface area (Å²) in [5.41, 5.74) is 7.26. The van der Waals surface area contributed by atoms with Gasteiger partial charge >= 0.3 is 0 Å². The summed E-state index contributed by atoms with van der Waals surface area (Å²) in [6.07, 6.45) is 1.12. The van der Waals surface area contributed by atoms with Crippen molar-refractivity contribution in [1.82, 2.24) is 4.90 Å². The summed E-state index contributed by atoms with van der Waals surface area (Å²) in [5, 5.41) is 1.28. The van der Waals surface area contributed by atoms with E-state index in [1.54, 1.807) is 12.1 Å². The van der Waals surface area contributed by atoms with Crippen LogP contribution in [0.1, 0.15) is 13.3 Å². The average Bonchev–Trinajstić information content (AvgIpc) is 2.30. The first-order valence-corrected chi connectivity index (χ1v) is 6.98. The summed E-state index contributed by atoms with van der Waals surface area (Å²) in [7, 11) is 2.16. The largest absolute Gasteiger partial charge is 0.399 e. The highest BCUT2D eigenvalue weighted by atomic mass is 35.5. The van der Waals surface area contributed by atoms with E-state index in [0.29, 0.717) is 21.8 Å². The Kier molecular flexibility index (Phi) is 4.25. The van der Waals surface area contributed by atoms with E-state index in [1.165, 1.54) is 0 Å². The molecule has 1 fully saturated rings. The molecule has 0 aromatic heterocycles. The lowest BCUT2D eigenvalue weighted by Gasteiger charge is -2.41. The molecule has 1 aliphatic rings. The van der Waals surface area contributed by atoms with Crippen LogP contribution in [0.3, 0.4) is 0 Å². The first-order chi connectivity index (χ1) is 8.52. The Hall–Kier alpha value is -0.640. The van der Waals surface area contributed by atoms with Gasteiger partial charge < -0.3 is 10.6 Å². The van der Waals surface area contributed by atoms with Crippen LogP contribution in [0.4, 0.5) is 11.4 Å². The Morgan fingerprint density at radius 2 is 1.89 bits per heavy atom. The van der Waals surface area contributed by atoms with Gasteiger partial charge in [-0.15, -0.1) is 0 Å². The van der Waals surface area contributed by atoms with Crippen LogP contribution < -0.4 is 10.6 Å². The summed E-state index contributed by atoms with van der Waals surface area (Å²) < 4.78 is 0. The third-order valence-electron chi connectivity index (χ3n) is 3.60. The van der Waals surface area contributed by atoms with Crippen LogP contribution in [-0.4, -0.2) is 37.6 Å². The SMILES string of the molecule is CCC1CN(c2c(Cl)cc(N)cc2Cl)CCN1C. The van der Waals surface area contributed by atoms with E-state index in [2.05, 4.69) is 23.8 Å². The van der Waals surface area contributed by atoms with Crippen molar-refractivity contribution in [3.05, 3.63) is 22.2 Å². The van der Waals surface area contributed by atoms with Crippen LogP contribution in [0.5, 0.6) is 0 Å². The van der Waals surface area contributed by atoms with Gasteiger partial charge in [0.05, 0.1) is 15.7 Å². The molecule has 1 unspecified atom stereocenters. The molecule has 1 atom stereocenters. The molecule has 1 saturated heterocycles. The Morgan fingerprint density at radius 3 is 2.44 bits per heavy atom. The molecule has 5 heteroatoms. The molecule has 1 aliphatic heterocycles. The Labute approximate surface area is 118 Å². The standard InChI is InChI=1S/C13H19Cl2N3/c1-3-10-8-18(5-4-17(10)2)13-11(14)6-9(16)7-12(13)15/h6-7,10H,3-5,8,16H2,1-2H3. The minimum absolute atomic E-state index is 0.545. The van der Waals surface area contributed by atoms with E-state index in [0.717, 1.165) is 31.7 Å². The van der Waals surface area contributed by atoms with Gasteiger partial charge in [-0.25, -0.2) is 0 Å². The summed E-state index contributed by atoms with van der Waals surface area (Å²) in [6.45, 7) is 5.12. The second-order valence-electron chi connectivity index (χ2n) is 4.82. The highest BCUT2D eigenvalue weighted by Gasteiger charge is 2.25. The van der Waals surface area contributed by atoms with Gasteiger partial charge in [0.1, 0.15) is 0 Å². The Morgan fingerprint density at radius 1 is 1.28 bits per heavy atom. The van der Waals surface area contributed by atoms with E-state index in [4.69, 9.17) is 28.9 Å². The molecule has 0 saturated carbocycles. The van der Waals surface area contributed by atoms with Crippen LogP contribution in [0.2, 0.25) is 10.0 Å². The maximum Gasteiger partial charge on any atom is 0.0747 e. The minimum atomic E-state index is 0.545. The number of anilines is 2. The van der Waals surface area contributed by atoms with Crippen molar-refractivity contribution in [2.24, 2.45) is 0 Å². The van der Waals surface area contributed by atoms with Crippen molar-refractivity contribution < 1.29 is 0 Å². The van der Waals surface area contributed by atoms with Crippen molar-refractivity contribution in [3.8, 4) is 0 Å². The molecular formula is C13H19Cl2N3. The number of hydrogen-bond donors (Lipinski definition) is 1. The van der Waals surface area contributed by atoms with Gasteiger partial charge in [-0.05, 0) is 25.6 Å². The lowest BCUT2D eigenvalue weighted by atomic mass is 10.1. The van der Waals surface area contributed by atoms with E-state index >= 15 is 0 Å². The van der Waals surface area contributed by atoms with Crippen LogP contribution in [0.15, 0.2) is 12.1 Å². The molecule has 2 rings (SSSR count). The van der Waals surface area contributed by atoms with Crippen molar-refractivity contribution >= 4 is 34.6 Å². The van der Waals surface area contributed by atoms with Gasteiger partial charge in [0.15, 0.2) is 0 Å². The quantitative estimate of drug-likeness (QED) is 0.849. The number of rotatable bonds is 2. The van der Waals surface area contributed by atoms with Crippen molar-refractivity contribution in [2.45, 2.75) is 19.4 Å². The summed E-state index contributed by atoms with van der Waals surface area (Å²) in [6, 6.07) is 4.08. The number of nitrogens with zero attached hydrogens (tertiary/aromatic N) is 2. The fourth-order valence-electron chi connectivity index (χ4n) is 2.48. The van der Waals surface area contributed by atoms with Gasteiger partial charge in [-0.3, -0.25) is 4.90 Å². The summed E-state index contributed by atoms with van der Waals surface area (Å²) in [5.74, 6) is 0. The van der Waals surface area contributed by atoms with E-state index in [-0.39, 0.29) is 0 Å². The summed E-state index contributed by atoms with van der Waals surface area (Å²) in [4.78, 5) is 4.65. The van der Waals surface area contributed by atoms with Crippen LogP contribution in [-0.2, 0) is 0 Å². The highest BCUT2D eigenvalue weighted by Crippen LogP contribution is 2.36. The fraction of sp³-hybridized carbons (Fsp3) is 0.538. The third-order valence-corrected chi connectivity index (χ3v) is 4.18. The van der Waals surface area contributed by atoms with Crippen molar-refractivity contribution in [2.75, 3.05) is 37.3 Å². The van der Waals surface area contributed by atoms with Crippen molar-refractivity contribution in [3.63, 3.8) is 0 Å². The topological polar surface area (TPSA) is 32.5 Å². The van der Waals surface area contributed by atoms with Crippen LogP contribution in [0.25, 0.3) is 0 Å². The number of hydrogen-bond acceptors (Lipinski definition) is 3. The van der Waals surface area contributed by atoms with Gasteiger partial charge in [0.25, 0.3) is 0 Å². The first-order valence-electron chi connectivity index (χ1n) is 6.22. The average molecular weight is 288 g/mol. The monoisotopic (exact) mass is 287 g/mol. The summed E-state index contributed by atoms with van der Waals surface area (Å²) >= 11 is 12.6. The van der Waals surface area contributed by atoms with Crippen LogP contribution >= 0.6 is 23.2 Å². The predicted octanol–water partition coefficient (Wildman–Crippen LogP) is 3.11. The Balaban J connectivity index is 2.27.